The topological polar surface area (TPSA) is 55.3 Å². The zero-order chi connectivity index (χ0) is 16.3. The van der Waals surface area contributed by atoms with E-state index in [4.69, 9.17) is 4.74 Å². The first kappa shape index (κ1) is 15.9. The van der Waals surface area contributed by atoms with Crippen LogP contribution in [-0.4, -0.2) is 34.9 Å². The van der Waals surface area contributed by atoms with E-state index in [1.807, 2.05) is 26.8 Å². The zero-order valence-corrected chi connectivity index (χ0v) is 13.7. The zero-order valence-electron chi connectivity index (χ0n) is 13.7. The third-order valence-electron chi connectivity index (χ3n) is 3.64. The minimum Gasteiger partial charge on any atom is -0.496 e. The molecule has 1 amide bonds. The molecule has 0 N–H and O–H groups in total. The van der Waals surface area contributed by atoms with Crippen molar-refractivity contribution in [1.29, 1.82) is 0 Å². The van der Waals surface area contributed by atoms with E-state index < -0.39 is 0 Å². The van der Waals surface area contributed by atoms with Gasteiger partial charge in [-0.05, 0) is 32.9 Å². The summed E-state index contributed by atoms with van der Waals surface area (Å²) in [5.74, 6) is 0.746. The number of hydrogen-bond acceptors (Lipinski definition) is 4. The number of methoxy groups -OCH3 is 1. The Morgan fingerprint density at radius 3 is 2.50 bits per heavy atom. The van der Waals surface area contributed by atoms with E-state index in [2.05, 4.69) is 9.97 Å². The number of ether oxygens (including phenoxy) is 1. The SMILES string of the molecule is COc1c(C)cnc(CN(C)C(=O)c2ccc(C)nc2)c1C. The van der Waals surface area contributed by atoms with Gasteiger partial charge in [-0.1, -0.05) is 0 Å². The molecule has 0 fully saturated rings. The maximum atomic E-state index is 12.4. The highest BCUT2D eigenvalue weighted by Crippen LogP contribution is 2.24. The van der Waals surface area contributed by atoms with E-state index in [1.54, 1.807) is 37.5 Å². The van der Waals surface area contributed by atoms with Crippen LogP contribution in [0.4, 0.5) is 0 Å². The second kappa shape index (κ2) is 6.56. The normalized spacial score (nSPS) is 10.4. The van der Waals surface area contributed by atoms with Crippen LogP contribution in [0.25, 0.3) is 0 Å². The maximum absolute atomic E-state index is 12.4. The van der Waals surface area contributed by atoms with Crippen LogP contribution in [0.5, 0.6) is 5.75 Å². The lowest BCUT2D eigenvalue weighted by molar-refractivity contribution is 0.0782. The number of carbonyl (C=O) groups is 1. The number of carbonyl (C=O) groups excluding carboxylic acids is 1. The van der Waals surface area contributed by atoms with Crippen LogP contribution in [0.3, 0.4) is 0 Å². The Labute approximate surface area is 131 Å². The molecule has 0 aliphatic heterocycles. The Hall–Kier alpha value is -2.43. The summed E-state index contributed by atoms with van der Waals surface area (Å²) >= 11 is 0. The van der Waals surface area contributed by atoms with Gasteiger partial charge in [0.15, 0.2) is 0 Å². The molecular weight excluding hydrogens is 278 g/mol. The van der Waals surface area contributed by atoms with E-state index >= 15 is 0 Å². The molecule has 2 aromatic heterocycles. The summed E-state index contributed by atoms with van der Waals surface area (Å²) in [5, 5.41) is 0. The van der Waals surface area contributed by atoms with Crippen LogP contribution in [0.1, 0.15) is 32.9 Å². The van der Waals surface area contributed by atoms with Gasteiger partial charge in [-0.25, -0.2) is 0 Å². The van der Waals surface area contributed by atoms with Gasteiger partial charge in [0, 0.05) is 36.3 Å². The molecule has 0 saturated heterocycles. The molecule has 2 rings (SSSR count). The van der Waals surface area contributed by atoms with Crippen molar-refractivity contribution in [1.82, 2.24) is 14.9 Å². The van der Waals surface area contributed by atoms with Crippen molar-refractivity contribution in [3.63, 3.8) is 0 Å². The van der Waals surface area contributed by atoms with Crippen LogP contribution in [0.2, 0.25) is 0 Å². The summed E-state index contributed by atoms with van der Waals surface area (Å²) < 4.78 is 5.40. The minimum absolute atomic E-state index is 0.0757. The van der Waals surface area contributed by atoms with Gasteiger partial charge in [0.05, 0.1) is 24.9 Å². The van der Waals surface area contributed by atoms with E-state index in [0.29, 0.717) is 12.1 Å². The van der Waals surface area contributed by atoms with Gasteiger partial charge >= 0.3 is 0 Å². The van der Waals surface area contributed by atoms with Crippen LogP contribution < -0.4 is 4.74 Å². The highest BCUT2D eigenvalue weighted by Gasteiger charge is 2.16. The molecule has 0 unspecified atom stereocenters. The lowest BCUT2D eigenvalue weighted by Gasteiger charge is -2.19. The van der Waals surface area contributed by atoms with E-state index in [0.717, 1.165) is 28.3 Å². The van der Waals surface area contributed by atoms with Crippen molar-refractivity contribution in [3.05, 3.63) is 52.6 Å². The van der Waals surface area contributed by atoms with Gasteiger partial charge < -0.3 is 9.64 Å². The molecule has 5 heteroatoms. The summed E-state index contributed by atoms with van der Waals surface area (Å²) in [6.45, 7) is 6.23. The maximum Gasteiger partial charge on any atom is 0.255 e. The number of pyridine rings is 2. The molecule has 0 aliphatic carbocycles. The molecule has 0 aliphatic rings. The minimum atomic E-state index is -0.0757. The number of nitrogens with zero attached hydrogens (tertiary/aromatic N) is 3. The smallest absolute Gasteiger partial charge is 0.255 e. The molecule has 2 aromatic rings. The third kappa shape index (κ3) is 3.24. The number of amides is 1. The molecule has 0 radical (unpaired) electrons. The van der Waals surface area contributed by atoms with Crippen LogP contribution in [-0.2, 0) is 6.54 Å². The standard InChI is InChI=1S/C17H21N3O2/c1-11-8-19-15(13(3)16(11)22-5)10-20(4)17(21)14-7-6-12(2)18-9-14/h6-9H,10H2,1-5H3. The summed E-state index contributed by atoms with van der Waals surface area (Å²) in [7, 11) is 3.40. The highest BCUT2D eigenvalue weighted by molar-refractivity contribution is 5.93. The van der Waals surface area contributed by atoms with Gasteiger partial charge in [-0.15, -0.1) is 0 Å². The van der Waals surface area contributed by atoms with Crippen molar-refractivity contribution in [2.75, 3.05) is 14.2 Å². The second-order valence-electron chi connectivity index (χ2n) is 5.40. The lowest BCUT2D eigenvalue weighted by atomic mass is 10.1. The summed E-state index contributed by atoms with van der Waals surface area (Å²) in [4.78, 5) is 22.6. The summed E-state index contributed by atoms with van der Waals surface area (Å²) in [5.41, 5.74) is 4.24. The monoisotopic (exact) mass is 299 g/mol. The first-order valence-corrected chi connectivity index (χ1v) is 7.11. The predicted molar refractivity (Wildman–Crippen MR) is 85.0 cm³/mol. The third-order valence-corrected chi connectivity index (χ3v) is 3.64. The van der Waals surface area contributed by atoms with Crippen molar-refractivity contribution in [3.8, 4) is 5.75 Å². The largest absolute Gasteiger partial charge is 0.496 e. The van der Waals surface area contributed by atoms with Gasteiger partial charge in [0.1, 0.15) is 5.75 Å². The molecule has 5 nitrogen and oxygen atoms in total. The Bertz CT molecular complexity index is 681. The molecular formula is C17H21N3O2. The Balaban J connectivity index is 2.20. The van der Waals surface area contributed by atoms with Gasteiger partial charge in [0.25, 0.3) is 5.91 Å². The van der Waals surface area contributed by atoms with Crippen molar-refractivity contribution >= 4 is 5.91 Å². The first-order chi connectivity index (χ1) is 10.4. The lowest BCUT2D eigenvalue weighted by Crippen LogP contribution is -2.27. The highest BCUT2D eigenvalue weighted by atomic mass is 16.5. The average molecular weight is 299 g/mol. The second-order valence-corrected chi connectivity index (χ2v) is 5.40. The quantitative estimate of drug-likeness (QED) is 0.871. The van der Waals surface area contributed by atoms with E-state index in [1.165, 1.54) is 0 Å². The Morgan fingerprint density at radius 1 is 1.18 bits per heavy atom. The molecule has 0 spiro atoms. The Kier molecular flexibility index (Phi) is 4.75. The predicted octanol–water partition coefficient (Wildman–Crippen LogP) is 2.68. The van der Waals surface area contributed by atoms with Gasteiger partial charge in [-0.2, -0.15) is 0 Å². The number of aryl methyl sites for hydroxylation is 2. The fraction of sp³-hybridized carbons (Fsp3) is 0.353. The summed E-state index contributed by atoms with van der Waals surface area (Å²) in [6, 6.07) is 3.62. The van der Waals surface area contributed by atoms with Gasteiger partial charge in [-0.3, -0.25) is 14.8 Å². The molecule has 0 bridgehead atoms. The molecule has 116 valence electrons. The van der Waals surface area contributed by atoms with Crippen molar-refractivity contribution < 1.29 is 9.53 Å². The molecule has 22 heavy (non-hydrogen) atoms. The van der Waals surface area contributed by atoms with Crippen LogP contribution >= 0.6 is 0 Å². The van der Waals surface area contributed by atoms with Crippen LogP contribution in [0.15, 0.2) is 24.5 Å². The number of aromatic nitrogens is 2. The van der Waals surface area contributed by atoms with Crippen molar-refractivity contribution in [2.45, 2.75) is 27.3 Å². The van der Waals surface area contributed by atoms with Gasteiger partial charge in [0.2, 0.25) is 0 Å². The fourth-order valence-corrected chi connectivity index (χ4v) is 2.34. The van der Waals surface area contributed by atoms with E-state index in [9.17, 15) is 4.79 Å². The first-order valence-electron chi connectivity index (χ1n) is 7.11. The molecule has 0 saturated carbocycles. The van der Waals surface area contributed by atoms with E-state index in [-0.39, 0.29) is 5.91 Å². The molecule has 0 atom stereocenters. The average Bonchev–Trinajstić information content (AvgIpc) is 2.50. The fourth-order valence-electron chi connectivity index (χ4n) is 2.34. The number of hydrogen-bond donors (Lipinski definition) is 0. The van der Waals surface area contributed by atoms with Crippen molar-refractivity contribution in [2.24, 2.45) is 0 Å². The Morgan fingerprint density at radius 2 is 1.91 bits per heavy atom. The molecule has 2 heterocycles. The summed E-state index contributed by atoms with van der Waals surface area (Å²) in [6.07, 6.45) is 3.37. The number of rotatable bonds is 4. The van der Waals surface area contributed by atoms with Crippen LogP contribution in [0, 0.1) is 20.8 Å². The molecule has 0 aromatic carbocycles.